The zero-order valence-electron chi connectivity index (χ0n) is 24.5. The fourth-order valence-corrected chi connectivity index (χ4v) is 7.34. The summed E-state index contributed by atoms with van der Waals surface area (Å²) in [4.78, 5) is 15.2. The van der Waals surface area contributed by atoms with Crippen molar-refractivity contribution in [1.29, 1.82) is 0 Å². The predicted octanol–water partition coefficient (Wildman–Crippen LogP) is 9.76. The lowest BCUT2D eigenvalue weighted by atomic mass is 9.81. The summed E-state index contributed by atoms with van der Waals surface area (Å²) in [5.41, 5.74) is 11.3. The van der Waals surface area contributed by atoms with E-state index in [0.29, 0.717) is 5.95 Å². The number of para-hydroxylation sites is 1. The molecular formula is C40H28N4. The van der Waals surface area contributed by atoms with Crippen LogP contribution in [0.5, 0.6) is 0 Å². The van der Waals surface area contributed by atoms with Gasteiger partial charge in [-0.2, -0.15) is 0 Å². The zero-order chi connectivity index (χ0) is 29.4. The van der Waals surface area contributed by atoms with Gasteiger partial charge in [-0.25, -0.2) is 9.97 Å². The Morgan fingerprint density at radius 3 is 2.07 bits per heavy atom. The van der Waals surface area contributed by atoms with Gasteiger partial charge in [-0.1, -0.05) is 111 Å². The average molecular weight is 565 g/mol. The van der Waals surface area contributed by atoms with Crippen LogP contribution in [0.25, 0.3) is 72.2 Å². The standard InChI is InChI=1S/C40H28N4/c1-40(2)33-18-10-8-16-29(33)38-35(40)30-17-9-11-19-34(30)44(38)39-42-36(26-12-4-3-5-13-26)32-24-31(25-20-22-41-23-21-25)27-14-6-7-15-28(27)37(32)43-39/h3-24H,1-2H3. The van der Waals surface area contributed by atoms with Crippen LogP contribution in [0.2, 0.25) is 0 Å². The van der Waals surface area contributed by atoms with E-state index in [4.69, 9.17) is 9.97 Å². The van der Waals surface area contributed by atoms with E-state index >= 15 is 0 Å². The predicted molar refractivity (Wildman–Crippen MR) is 180 cm³/mol. The molecule has 5 aromatic carbocycles. The van der Waals surface area contributed by atoms with Crippen molar-refractivity contribution >= 4 is 32.6 Å². The Kier molecular flexibility index (Phi) is 5.21. The van der Waals surface area contributed by atoms with E-state index < -0.39 is 0 Å². The summed E-state index contributed by atoms with van der Waals surface area (Å²) in [6, 6.07) is 43.0. The van der Waals surface area contributed by atoms with E-state index in [1.807, 2.05) is 12.4 Å². The highest BCUT2D eigenvalue weighted by Gasteiger charge is 2.40. The van der Waals surface area contributed by atoms with Crippen LogP contribution in [0.15, 0.2) is 134 Å². The lowest BCUT2D eigenvalue weighted by Crippen LogP contribution is -2.14. The molecule has 0 fully saturated rings. The quantitative estimate of drug-likeness (QED) is 0.201. The molecule has 0 atom stereocenters. The Labute approximate surface area is 255 Å². The SMILES string of the molecule is CC1(C)c2ccccc2-c2c1c1ccccc1n2-c1nc(-c2ccccc2)c2cc(-c3ccncc3)c3ccccc3c2n1. The van der Waals surface area contributed by atoms with Gasteiger partial charge in [-0.05, 0) is 51.9 Å². The van der Waals surface area contributed by atoms with Crippen molar-refractivity contribution < 1.29 is 0 Å². The maximum absolute atomic E-state index is 5.45. The smallest absolute Gasteiger partial charge is 0.235 e. The summed E-state index contributed by atoms with van der Waals surface area (Å²) in [5, 5.41) is 4.53. The van der Waals surface area contributed by atoms with Crippen molar-refractivity contribution in [3.05, 3.63) is 145 Å². The van der Waals surface area contributed by atoms with Crippen LogP contribution in [-0.4, -0.2) is 19.5 Å². The number of rotatable bonds is 3. The first-order valence-electron chi connectivity index (χ1n) is 15.0. The van der Waals surface area contributed by atoms with Gasteiger partial charge in [0.05, 0.1) is 22.4 Å². The molecule has 0 N–H and O–H groups in total. The second-order valence-electron chi connectivity index (χ2n) is 12.1. The first-order chi connectivity index (χ1) is 21.6. The Morgan fingerprint density at radius 2 is 1.25 bits per heavy atom. The van der Waals surface area contributed by atoms with Crippen LogP contribution in [0.3, 0.4) is 0 Å². The second kappa shape index (κ2) is 9.19. The normalized spacial score (nSPS) is 13.4. The number of pyridine rings is 1. The maximum Gasteiger partial charge on any atom is 0.235 e. The number of aromatic nitrogens is 4. The third-order valence-electron chi connectivity index (χ3n) is 9.29. The minimum atomic E-state index is -0.151. The minimum Gasteiger partial charge on any atom is -0.278 e. The van der Waals surface area contributed by atoms with Crippen LogP contribution in [-0.2, 0) is 5.41 Å². The zero-order valence-corrected chi connectivity index (χ0v) is 24.5. The van der Waals surface area contributed by atoms with Crippen molar-refractivity contribution in [2.45, 2.75) is 19.3 Å². The first-order valence-corrected chi connectivity index (χ1v) is 15.0. The molecule has 0 spiro atoms. The van der Waals surface area contributed by atoms with Gasteiger partial charge in [-0.3, -0.25) is 9.55 Å². The van der Waals surface area contributed by atoms with Gasteiger partial charge < -0.3 is 0 Å². The van der Waals surface area contributed by atoms with Crippen molar-refractivity contribution in [3.63, 3.8) is 0 Å². The molecule has 208 valence electrons. The van der Waals surface area contributed by atoms with Crippen molar-refractivity contribution in [1.82, 2.24) is 19.5 Å². The first kappa shape index (κ1) is 24.9. The lowest BCUT2D eigenvalue weighted by Gasteiger charge is -2.21. The number of hydrogen-bond acceptors (Lipinski definition) is 3. The van der Waals surface area contributed by atoms with Crippen LogP contribution < -0.4 is 0 Å². The second-order valence-corrected chi connectivity index (χ2v) is 12.1. The average Bonchev–Trinajstić information content (AvgIpc) is 3.55. The van der Waals surface area contributed by atoms with Gasteiger partial charge in [0.25, 0.3) is 0 Å². The monoisotopic (exact) mass is 564 g/mol. The largest absolute Gasteiger partial charge is 0.278 e. The molecule has 1 aliphatic carbocycles. The van der Waals surface area contributed by atoms with Crippen molar-refractivity contribution in [2.24, 2.45) is 0 Å². The van der Waals surface area contributed by atoms with Crippen molar-refractivity contribution in [2.75, 3.05) is 0 Å². The topological polar surface area (TPSA) is 43.6 Å². The number of fused-ring (bicyclic) bond motifs is 8. The summed E-state index contributed by atoms with van der Waals surface area (Å²) < 4.78 is 2.30. The summed E-state index contributed by atoms with van der Waals surface area (Å²) in [6.07, 6.45) is 3.70. The van der Waals surface area contributed by atoms with Crippen LogP contribution in [0.4, 0.5) is 0 Å². The molecule has 8 aromatic rings. The number of hydrogen-bond donors (Lipinski definition) is 0. The van der Waals surface area contributed by atoms with Gasteiger partial charge in [-0.15, -0.1) is 0 Å². The summed E-state index contributed by atoms with van der Waals surface area (Å²) >= 11 is 0. The molecule has 1 aliphatic rings. The fraction of sp³-hybridized carbons (Fsp3) is 0.0750. The molecule has 9 rings (SSSR count). The van der Waals surface area contributed by atoms with Gasteiger partial charge in [0.15, 0.2) is 0 Å². The summed E-state index contributed by atoms with van der Waals surface area (Å²) in [5.74, 6) is 0.683. The Hall–Kier alpha value is -5.61. The highest BCUT2D eigenvalue weighted by molar-refractivity contribution is 6.15. The van der Waals surface area contributed by atoms with Crippen LogP contribution >= 0.6 is 0 Å². The van der Waals surface area contributed by atoms with E-state index in [-0.39, 0.29) is 5.41 Å². The van der Waals surface area contributed by atoms with E-state index in [1.165, 1.54) is 27.8 Å². The minimum absolute atomic E-state index is 0.151. The molecule has 3 aromatic heterocycles. The highest BCUT2D eigenvalue weighted by Crippen LogP contribution is 2.53. The molecule has 4 heteroatoms. The van der Waals surface area contributed by atoms with Crippen molar-refractivity contribution in [3.8, 4) is 39.6 Å². The maximum atomic E-state index is 5.45. The molecule has 0 saturated carbocycles. The molecule has 4 nitrogen and oxygen atoms in total. The van der Waals surface area contributed by atoms with E-state index in [2.05, 4.69) is 145 Å². The van der Waals surface area contributed by atoms with Crippen LogP contribution in [0.1, 0.15) is 25.0 Å². The van der Waals surface area contributed by atoms with Gasteiger partial charge in [0.2, 0.25) is 5.95 Å². The highest BCUT2D eigenvalue weighted by atomic mass is 15.2. The third-order valence-corrected chi connectivity index (χ3v) is 9.29. The Bertz CT molecular complexity index is 2400. The molecule has 0 bridgehead atoms. The Morgan fingerprint density at radius 1 is 0.568 bits per heavy atom. The number of benzene rings is 5. The fourth-order valence-electron chi connectivity index (χ4n) is 7.34. The number of nitrogens with zero attached hydrogens (tertiary/aromatic N) is 4. The summed E-state index contributed by atoms with van der Waals surface area (Å²) in [7, 11) is 0. The molecular weight excluding hydrogens is 536 g/mol. The molecule has 0 saturated heterocycles. The third kappa shape index (κ3) is 3.42. The molecule has 0 radical (unpaired) electrons. The van der Waals surface area contributed by atoms with Gasteiger partial charge in [0.1, 0.15) is 0 Å². The van der Waals surface area contributed by atoms with Crippen LogP contribution in [0, 0.1) is 0 Å². The summed E-state index contributed by atoms with van der Waals surface area (Å²) in [6.45, 7) is 4.67. The van der Waals surface area contributed by atoms with Gasteiger partial charge in [0, 0.05) is 45.1 Å². The molecule has 3 heterocycles. The van der Waals surface area contributed by atoms with E-state index in [9.17, 15) is 0 Å². The molecule has 44 heavy (non-hydrogen) atoms. The molecule has 0 amide bonds. The molecule has 0 aliphatic heterocycles. The lowest BCUT2D eigenvalue weighted by molar-refractivity contribution is 0.666. The Balaban J connectivity index is 1.45. The van der Waals surface area contributed by atoms with E-state index in [0.717, 1.165) is 49.6 Å². The van der Waals surface area contributed by atoms with Gasteiger partial charge >= 0.3 is 0 Å². The van der Waals surface area contributed by atoms with E-state index in [1.54, 1.807) is 0 Å². The molecule has 0 unspecified atom stereocenters.